The quantitative estimate of drug-likeness (QED) is 0.763. The molecule has 1 aliphatic heterocycles. The third-order valence-corrected chi connectivity index (χ3v) is 4.38. The lowest BCUT2D eigenvalue weighted by molar-refractivity contribution is 0.0748. The molecule has 25 heavy (non-hydrogen) atoms. The van der Waals surface area contributed by atoms with Gasteiger partial charge in [-0.25, -0.2) is 9.97 Å². The van der Waals surface area contributed by atoms with Gasteiger partial charge in [0.15, 0.2) is 0 Å². The van der Waals surface area contributed by atoms with Crippen molar-refractivity contribution in [2.45, 2.75) is 0 Å². The molecule has 7 heteroatoms. The van der Waals surface area contributed by atoms with Crippen molar-refractivity contribution in [2.75, 3.05) is 31.1 Å². The first-order valence-corrected chi connectivity index (χ1v) is 8.16. The summed E-state index contributed by atoms with van der Waals surface area (Å²) in [5.74, 6) is 0.562. The van der Waals surface area contributed by atoms with Gasteiger partial charge in [-0.1, -0.05) is 18.2 Å². The molecule has 4 rings (SSSR count). The number of anilines is 1. The third kappa shape index (κ3) is 2.96. The van der Waals surface area contributed by atoms with E-state index in [-0.39, 0.29) is 11.5 Å². The molecule has 1 fully saturated rings. The molecule has 7 nitrogen and oxygen atoms in total. The first kappa shape index (κ1) is 15.3. The van der Waals surface area contributed by atoms with Crippen LogP contribution < -0.4 is 10.5 Å². The number of pyridine rings is 1. The average Bonchev–Trinajstić information content (AvgIpc) is 2.67. The van der Waals surface area contributed by atoms with Crippen LogP contribution in [0.4, 0.5) is 5.95 Å². The van der Waals surface area contributed by atoms with Gasteiger partial charge in [0.25, 0.3) is 5.91 Å². The van der Waals surface area contributed by atoms with Crippen LogP contribution in [0.5, 0.6) is 0 Å². The molecule has 3 heterocycles. The highest BCUT2D eigenvalue weighted by Gasteiger charge is 2.24. The Labute approximate surface area is 143 Å². The molecule has 1 N–H and O–H groups in total. The number of aromatic amines is 1. The topological polar surface area (TPSA) is 82.2 Å². The second kappa shape index (κ2) is 6.35. The van der Waals surface area contributed by atoms with E-state index in [1.54, 1.807) is 29.4 Å². The molecule has 126 valence electrons. The molecular weight excluding hydrogens is 318 g/mol. The zero-order valence-corrected chi connectivity index (χ0v) is 13.6. The maximum absolute atomic E-state index is 12.9. The van der Waals surface area contributed by atoms with Crippen molar-refractivity contribution in [3.63, 3.8) is 0 Å². The van der Waals surface area contributed by atoms with E-state index in [0.29, 0.717) is 43.2 Å². The summed E-state index contributed by atoms with van der Waals surface area (Å²) in [5.41, 5.74) is 0.858. The maximum atomic E-state index is 12.9. The van der Waals surface area contributed by atoms with Crippen molar-refractivity contribution in [2.24, 2.45) is 0 Å². The summed E-state index contributed by atoms with van der Waals surface area (Å²) in [5, 5.41) is 0.765. The number of carbonyl (C=O) groups excluding carboxylic acids is 1. The van der Waals surface area contributed by atoms with Crippen molar-refractivity contribution < 1.29 is 4.79 Å². The predicted molar refractivity (Wildman–Crippen MR) is 94.7 cm³/mol. The number of hydrogen-bond acceptors (Lipinski definition) is 5. The van der Waals surface area contributed by atoms with Crippen molar-refractivity contribution in [3.8, 4) is 0 Å². The van der Waals surface area contributed by atoms with Gasteiger partial charge in [-0.2, -0.15) is 0 Å². The van der Waals surface area contributed by atoms with Gasteiger partial charge in [0.05, 0.1) is 5.56 Å². The number of para-hydroxylation sites is 1. The highest BCUT2D eigenvalue weighted by molar-refractivity contribution is 6.06. The van der Waals surface area contributed by atoms with Crippen molar-refractivity contribution in [3.05, 3.63) is 64.7 Å². The lowest BCUT2D eigenvalue weighted by Gasteiger charge is -2.34. The number of piperazine rings is 1. The van der Waals surface area contributed by atoms with E-state index in [0.717, 1.165) is 5.39 Å². The summed E-state index contributed by atoms with van der Waals surface area (Å²) in [6, 6.07) is 10.5. The first-order valence-electron chi connectivity index (χ1n) is 8.16. The molecule has 0 saturated carbocycles. The van der Waals surface area contributed by atoms with Crippen LogP contribution in [0.2, 0.25) is 0 Å². The molecule has 1 saturated heterocycles. The van der Waals surface area contributed by atoms with Gasteiger partial charge in [-0.15, -0.1) is 0 Å². The van der Waals surface area contributed by atoms with Crippen LogP contribution in [0, 0.1) is 0 Å². The third-order valence-electron chi connectivity index (χ3n) is 4.38. The zero-order chi connectivity index (χ0) is 17.2. The van der Waals surface area contributed by atoms with Crippen LogP contribution in [0.1, 0.15) is 10.4 Å². The Bertz CT molecular complexity index is 962. The van der Waals surface area contributed by atoms with Crippen LogP contribution >= 0.6 is 0 Å². The molecule has 3 aromatic rings. The number of nitrogens with zero attached hydrogens (tertiary/aromatic N) is 4. The lowest BCUT2D eigenvalue weighted by Crippen LogP contribution is -2.49. The number of H-pyrrole nitrogens is 1. The zero-order valence-electron chi connectivity index (χ0n) is 13.6. The standard InChI is InChI=1S/C18H17N5O2/c24-16-12-14(13-4-1-2-5-15(13)21-16)17(25)22-8-10-23(11-9-22)18-19-6-3-7-20-18/h1-7,12H,8-11H2,(H,21,24). The molecule has 0 atom stereocenters. The number of fused-ring (bicyclic) bond motifs is 1. The van der Waals surface area contributed by atoms with Crippen LogP contribution in [0.3, 0.4) is 0 Å². The van der Waals surface area contributed by atoms with Crippen LogP contribution in [0.15, 0.2) is 53.6 Å². The number of amides is 1. The summed E-state index contributed by atoms with van der Waals surface area (Å²) < 4.78 is 0. The molecule has 0 unspecified atom stereocenters. The molecule has 2 aromatic heterocycles. The van der Waals surface area contributed by atoms with E-state index >= 15 is 0 Å². The smallest absolute Gasteiger partial charge is 0.254 e. The molecule has 1 aromatic carbocycles. The monoisotopic (exact) mass is 335 g/mol. The predicted octanol–water partition coefficient (Wildman–Crippen LogP) is 1.28. The van der Waals surface area contributed by atoms with Gasteiger partial charge in [0.2, 0.25) is 11.5 Å². The SMILES string of the molecule is O=C(c1cc(=O)[nH]c2ccccc12)N1CCN(c2ncccn2)CC1. The minimum atomic E-state index is -0.265. The number of hydrogen-bond donors (Lipinski definition) is 1. The van der Waals surface area contributed by atoms with Gasteiger partial charge in [0, 0.05) is 55.5 Å². The molecule has 1 amide bonds. The number of carbonyl (C=O) groups is 1. The van der Waals surface area contributed by atoms with E-state index in [9.17, 15) is 9.59 Å². The molecule has 0 bridgehead atoms. The Hall–Kier alpha value is -3.22. The highest BCUT2D eigenvalue weighted by atomic mass is 16.2. The fourth-order valence-corrected chi connectivity index (χ4v) is 3.12. The van der Waals surface area contributed by atoms with E-state index in [4.69, 9.17) is 0 Å². The molecule has 1 aliphatic rings. The highest BCUT2D eigenvalue weighted by Crippen LogP contribution is 2.18. The first-order chi connectivity index (χ1) is 12.2. The summed E-state index contributed by atoms with van der Waals surface area (Å²) in [6.45, 7) is 2.46. The van der Waals surface area contributed by atoms with E-state index in [1.807, 2.05) is 18.2 Å². The Morgan fingerprint density at radius 3 is 2.48 bits per heavy atom. The fraction of sp³-hybridized carbons (Fsp3) is 0.222. The number of nitrogens with one attached hydrogen (secondary N) is 1. The number of benzene rings is 1. The van der Waals surface area contributed by atoms with Gasteiger partial charge in [0.1, 0.15) is 0 Å². The van der Waals surface area contributed by atoms with Crippen molar-refractivity contribution in [1.29, 1.82) is 0 Å². The Kier molecular flexibility index (Phi) is 3.89. The summed E-state index contributed by atoms with van der Waals surface area (Å²) in [6.07, 6.45) is 3.42. The Morgan fingerprint density at radius 1 is 1.00 bits per heavy atom. The number of aromatic nitrogens is 3. The minimum Gasteiger partial charge on any atom is -0.337 e. The maximum Gasteiger partial charge on any atom is 0.254 e. The lowest BCUT2D eigenvalue weighted by atomic mass is 10.1. The van der Waals surface area contributed by atoms with E-state index < -0.39 is 0 Å². The summed E-state index contributed by atoms with van der Waals surface area (Å²) in [4.78, 5) is 39.9. The minimum absolute atomic E-state index is 0.115. The van der Waals surface area contributed by atoms with Gasteiger partial charge in [-0.3, -0.25) is 9.59 Å². The van der Waals surface area contributed by atoms with Crippen molar-refractivity contribution >= 4 is 22.8 Å². The van der Waals surface area contributed by atoms with Gasteiger partial charge >= 0.3 is 0 Å². The van der Waals surface area contributed by atoms with Crippen LogP contribution in [0.25, 0.3) is 10.9 Å². The largest absolute Gasteiger partial charge is 0.337 e. The van der Waals surface area contributed by atoms with Gasteiger partial charge in [-0.05, 0) is 12.1 Å². The van der Waals surface area contributed by atoms with Gasteiger partial charge < -0.3 is 14.8 Å². The second-order valence-electron chi connectivity index (χ2n) is 5.92. The normalized spacial score (nSPS) is 14.7. The summed E-state index contributed by atoms with van der Waals surface area (Å²) >= 11 is 0. The second-order valence-corrected chi connectivity index (χ2v) is 5.92. The summed E-state index contributed by atoms with van der Waals surface area (Å²) in [7, 11) is 0. The molecular formula is C18H17N5O2. The van der Waals surface area contributed by atoms with Crippen molar-refractivity contribution in [1.82, 2.24) is 19.9 Å². The molecule has 0 radical (unpaired) electrons. The number of rotatable bonds is 2. The van der Waals surface area contributed by atoms with Crippen LogP contribution in [-0.4, -0.2) is 51.9 Å². The Morgan fingerprint density at radius 2 is 1.72 bits per heavy atom. The van der Waals surface area contributed by atoms with E-state index in [1.165, 1.54) is 6.07 Å². The Balaban J connectivity index is 1.56. The van der Waals surface area contributed by atoms with Crippen LogP contribution in [-0.2, 0) is 0 Å². The average molecular weight is 335 g/mol. The van der Waals surface area contributed by atoms with E-state index in [2.05, 4.69) is 19.9 Å². The fourth-order valence-electron chi connectivity index (χ4n) is 3.12. The molecule has 0 aliphatic carbocycles. The molecule has 0 spiro atoms.